The normalized spacial score (nSPS) is 17.5. The number of hydrogen-bond acceptors (Lipinski definition) is 3. The van der Waals surface area contributed by atoms with Crippen molar-refractivity contribution in [3.8, 4) is 0 Å². The van der Waals surface area contributed by atoms with Gasteiger partial charge in [-0.2, -0.15) is 0 Å². The molecule has 1 heterocycles. The number of benzene rings is 1. The Morgan fingerprint density at radius 3 is 2.81 bits per heavy atom. The average molecular weight is 394 g/mol. The minimum absolute atomic E-state index is 0.0894. The van der Waals surface area contributed by atoms with Gasteiger partial charge in [0, 0.05) is 31.9 Å². The fraction of sp³-hybridized carbons (Fsp3) is 0.450. The Bertz CT molecular complexity index is 743. The summed E-state index contributed by atoms with van der Waals surface area (Å²) < 4.78 is 19.1. The van der Waals surface area contributed by atoms with E-state index in [-0.39, 0.29) is 16.5 Å². The van der Waals surface area contributed by atoms with E-state index in [1.54, 1.807) is 13.1 Å². The molecule has 27 heavy (non-hydrogen) atoms. The molecule has 0 aromatic heterocycles. The van der Waals surface area contributed by atoms with E-state index in [9.17, 15) is 9.18 Å². The van der Waals surface area contributed by atoms with Gasteiger partial charge in [0.1, 0.15) is 11.7 Å². The molecular formula is C20H25ClFN3O2. The van der Waals surface area contributed by atoms with Crippen LogP contribution in [-0.2, 0) is 4.74 Å². The predicted octanol–water partition coefficient (Wildman–Crippen LogP) is 4.27. The summed E-state index contributed by atoms with van der Waals surface area (Å²) in [5, 5.41) is 2.73. The molecule has 0 aliphatic carbocycles. The SMILES string of the molecule is C=N/C(C)=N\C=C(/C)C(CNC(=O)c1cccc(F)c1Cl)C1CCOCC1. The predicted molar refractivity (Wildman–Crippen MR) is 107 cm³/mol. The third kappa shape index (κ3) is 5.97. The van der Waals surface area contributed by atoms with Crippen LogP contribution in [0.25, 0.3) is 0 Å². The number of amides is 1. The standard InChI is InChI=1S/C20H25ClFN3O2/c1-13(11-24-14(2)23-3)17(15-7-9-27-10-8-15)12-25-20(26)16-5-4-6-18(22)19(16)21/h4-6,11,15,17H,3,7-10,12H2,1-2H3,(H,25,26)/b13-11+,24-14-. The number of carbonyl (C=O) groups excluding carboxylic acids is 1. The second-order valence-electron chi connectivity index (χ2n) is 6.58. The maximum atomic E-state index is 13.6. The number of carbonyl (C=O) groups is 1. The second kappa shape index (κ2) is 10.3. The number of rotatable bonds is 6. The molecule has 0 saturated carbocycles. The molecule has 1 unspecified atom stereocenters. The van der Waals surface area contributed by atoms with Gasteiger partial charge < -0.3 is 10.1 Å². The molecule has 2 rings (SSSR count). The topological polar surface area (TPSA) is 63.0 Å². The first kappa shape index (κ1) is 21.3. The van der Waals surface area contributed by atoms with Crippen molar-refractivity contribution in [1.82, 2.24) is 5.32 Å². The lowest BCUT2D eigenvalue weighted by atomic mass is 9.81. The Kier molecular flexibility index (Phi) is 8.13. The number of amidine groups is 1. The molecular weight excluding hydrogens is 369 g/mol. The quantitative estimate of drug-likeness (QED) is 0.579. The molecule has 5 nitrogen and oxygen atoms in total. The summed E-state index contributed by atoms with van der Waals surface area (Å²) >= 11 is 5.92. The highest BCUT2D eigenvalue weighted by Crippen LogP contribution is 2.29. The molecule has 1 aliphatic heterocycles. The van der Waals surface area contributed by atoms with Crippen molar-refractivity contribution in [2.45, 2.75) is 26.7 Å². The second-order valence-corrected chi connectivity index (χ2v) is 6.95. The van der Waals surface area contributed by atoms with Crippen LogP contribution in [-0.4, -0.2) is 38.2 Å². The molecule has 0 bridgehead atoms. The maximum Gasteiger partial charge on any atom is 0.252 e. The van der Waals surface area contributed by atoms with Gasteiger partial charge in [-0.05, 0) is 57.0 Å². The van der Waals surface area contributed by atoms with Crippen LogP contribution in [0.1, 0.15) is 37.0 Å². The fourth-order valence-electron chi connectivity index (χ4n) is 3.13. The highest BCUT2D eigenvalue weighted by atomic mass is 35.5. The van der Waals surface area contributed by atoms with Crippen LogP contribution < -0.4 is 5.32 Å². The van der Waals surface area contributed by atoms with Crippen LogP contribution in [0, 0.1) is 17.7 Å². The van der Waals surface area contributed by atoms with Crippen molar-refractivity contribution >= 4 is 30.1 Å². The molecule has 1 aromatic rings. The van der Waals surface area contributed by atoms with Gasteiger partial charge in [-0.15, -0.1) is 0 Å². The highest BCUT2D eigenvalue weighted by molar-refractivity contribution is 6.34. The smallest absolute Gasteiger partial charge is 0.252 e. The van der Waals surface area contributed by atoms with Gasteiger partial charge in [-0.3, -0.25) is 4.79 Å². The number of nitrogens with one attached hydrogen (secondary N) is 1. The van der Waals surface area contributed by atoms with E-state index in [2.05, 4.69) is 22.0 Å². The zero-order valence-corrected chi connectivity index (χ0v) is 16.4. The summed E-state index contributed by atoms with van der Waals surface area (Å²) in [4.78, 5) is 20.5. The Morgan fingerprint density at radius 1 is 1.44 bits per heavy atom. The first-order valence-electron chi connectivity index (χ1n) is 8.91. The van der Waals surface area contributed by atoms with E-state index in [1.807, 2.05) is 6.92 Å². The third-order valence-electron chi connectivity index (χ3n) is 4.78. The molecule has 7 heteroatoms. The van der Waals surface area contributed by atoms with Crippen molar-refractivity contribution in [3.05, 3.63) is 46.4 Å². The van der Waals surface area contributed by atoms with Crippen molar-refractivity contribution in [2.75, 3.05) is 19.8 Å². The first-order valence-corrected chi connectivity index (χ1v) is 9.29. The number of halogens is 2. The Morgan fingerprint density at radius 2 is 2.15 bits per heavy atom. The van der Waals surface area contributed by atoms with E-state index < -0.39 is 11.7 Å². The van der Waals surface area contributed by atoms with Gasteiger partial charge in [-0.25, -0.2) is 14.4 Å². The monoisotopic (exact) mass is 393 g/mol. The lowest BCUT2D eigenvalue weighted by Gasteiger charge is -2.31. The third-order valence-corrected chi connectivity index (χ3v) is 5.17. The fourth-order valence-corrected chi connectivity index (χ4v) is 3.34. The van der Waals surface area contributed by atoms with Gasteiger partial charge >= 0.3 is 0 Å². The molecule has 1 aromatic carbocycles. The van der Waals surface area contributed by atoms with Crippen molar-refractivity contribution in [2.24, 2.45) is 21.8 Å². The molecule has 1 aliphatic rings. The van der Waals surface area contributed by atoms with Gasteiger partial charge in [-0.1, -0.05) is 17.7 Å². The lowest BCUT2D eigenvalue weighted by molar-refractivity contribution is 0.0517. The molecule has 1 atom stereocenters. The largest absolute Gasteiger partial charge is 0.381 e. The van der Waals surface area contributed by atoms with Gasteiger partial charge in [0.15, 0.2) is 0 Å². The van der Waals surface area contributed by atoms with E-state index in [0.29, 0.717) is 31.5 Å². The minimum Gasteiger partial charge on any atom is -0.381 e. The summed E-state index contributed by atoms with van der Waals surface area (Å²) in [5.74, 6) is 0.0348. The van der Waals surface area contributed by atoms with Crippen LogP contribution in [0.15, 0.2) is 40.0 Å². The number of nitrogens with zero attached hydrogens (tertiary/aromatic N) is 2. The molecule has 1 saturated heterocycles. The minimum atomic E-state index is -0.608. The van der Waals surface area contributed by atoms with Crippen LogP contribution in [0.3, 0.4) is 0 Å². The molecule has 1 amide bonds. The first-order chi connectivity index (χ1) is 12.9. The Hall–Kier alpha value is -2.05. The maximum absolute atomic E-state index is 13.6. The Labute approximate surface area is 164 Å². The summed E-state index contributed by atoms with van der Waals surface area (Å²) in [6.07, 6.45) is 3.59. The summed E-state index contributed by atoms with van der Waals surface area (Å²) in [6, 6.07) is 4.21. The van der Waals surface area contributed by atoms with Crippen molar-refractivity contribution in [3.63, 3.8) is 0 Å². The summed E-state index contributed by atoms with van der Waals surface area (Å²) in [5.41, 5.74) is 1.17. The zero-order valence-electron chi connectivity index (χ0n) is 15.7. The van der Waals surface area contributed by atoms with Gasteiger partial charge in [0.25, 0.3) is 5.91 Å². The molecule has 1 fully saturated rings. The van der Waals surface area contributed by atoms with Crippen LogP contribution in [0.2, 0.25) is 5.02 Å². The molecule has 146 valence electrons. The number of aliphatic imine (C=N–C) groups is 2. The zero-order chi connectivity index (χ0) is 19.8. The van der Waals surface area contributed by atoms with E-state index in [0.717, 1.165) is 18.4 Å². The average Bonchev–Trinajstić information content (AvgIpc) is 2.68. The van der Waals surface area contributed by atoms with E-state index in [1.165, 1.54) is 18.2 Å². The van der Waals surface area contributed by atoms with E-state index >= 15 is 0 Å². The Balaban J connectivity index is 2.14. The van der Waals surface area contributed by atoms with Crippen LogP contribution >= 0.6 is 11.6 Å². The van der Waals surface area contributed by atoms with Gasteiger partial charge in [0.2, 0.25) is 0 Å². The molecule has 0 radical (unpaired) electrons. The number of hydrogen-bond donors (Lipinski definition) is 1. The lowest BCUT2D eigenvalue weighted by Crippen LogP contribution is -2.35. The summed E-state index contributed by atoms with van der Waals surface area (Å²) in [7, 11) is 0. The van der Waals surface area contributed by atoms with Gasteiger partial charge in [0.05, 0.1) is 10.6 Å². The van der Waals surface area contributed by atoms with Crippen LogP contribution in [0.4, 0.5) is 4.39 Å². The number of ether oxygens (including phenoxy) is 1. The van der Waals surface area contributed by atoms with Crippen molar-refractivity contribution < 1.29 is 13.9 Å². The molecule has 1 N–H and O–H groups in total. The van der Waals surface area contributed by atoms with E-state index in [4.69, 9.17) is 16.3 Å². The highest BCUT2D eigenvalue weighted by Gasteiger charge is 2.26. The summed E-state index contributed by atoms with van der Waals surface area (Å²) in [6.45, 7) is 9.03. The molecule has 0 spiro atoms. The van der Waals surface area contributed by atoms with Crippen molar-refractivity contribution in [1.29, 1.82) is 0 Å². The van der Waals surface area contributed by atoms with Crippen LogP contribution in [0.5, 0.6) is 0 Å².